The molecule has 0 radical (unpaired) electrons. The highest BCUT2D eigenvalue weighted by Gasteiger charge is 2.07. The highest BCUT2D eigenvalue weighted by atomic mass is 79.9. The lowest BCUT2D eigenvalue weighted by Gasteiger charge is -2.19. The Morgan fingerprint density at radius 2 is 1.84 bits per heavy atom. The van der Waals surface area contributed by atoms with Crippen molar-refractivity contribution in [3.63, 3.8) is 0 Å². The van der Waals surface area contributed by atoms with E-state index in [0.717, 1.165) is 25.4 Å². The van der Waals surface area contributed by atoms with Crippen molar-refractivity contribution in [2.24, 2.45) is 0 Å². The summed E-state index contributed by atoms with van der Waals surface area (Å²) in [6.45, 7) is 5.21. The fourth-order valence-electron chi connectivity index (χ4n) is 1.93. The standard InChI is InChI=1S/C15H18BrNOS/c1-3-17(11-14-8-9-15(16)19-14)10-12-4-6-13(18-2)7-5-12/h4-9H,3,10-11H2,1-2H3. The molecule has 0 saturated carbocycles. The van der Waals surface area contributed by atoms with Gasteiger partial charge in [-0.3, -0.25) is 4.90 Å². The van der Waals surface area contributed by atoms with Crippen LogP contribution in [-0.2, 0) is 13.1 Å². The number of hydrogen-bond acceptors (Lipinski definition) is 3. The minimum absolute atomic E-state index is 0.911. The van der Waals surface area contributed by atoms with Gasteiger partial charge >= 0.3 is 0 Å². The van der Waals surface area contributed by atoms with Crippen LogP contribution in [0.15, 0.2) is 40.2 Å². The third-order valence-corrected chi connectivity index (χ3v) is 4.63. The third-order valence-electron chi connectivity index (χ3n) is 3.02. The molecular formula is C15H18BrNOS. The minimum Gasteiger partial charge on any atom is -0.497 e. The summed E-state index contributed by atoms with van der Waals surface area (Å²) >= 11 is 5.32. The number of thiophene rings is 1. The van der Waals surface area contributed by atoms with E-state index < -0.39 is 0 Å². The van der Waals surface area contributed by atoms with Gasteiger partial charge < -0.3 is 4.74 Å². The summed E-state index contributed by atoms with van der Waals surface area (Å²) in [7, 11) is 1.70. The Bertz CT molecular complexity index is 509. The first-order chi connectivity index (χ1) is 9.21. The van der Waals surface area contributed by atoms with Gasteiger partial charge in [0.15, 0.2) is 0 Å². The number of halogens is 1. The average Bonchev–Trinajstić information content (AvgIpc) is 2.84. The lowest BCUT2D eigenvalue weighted by atomic mass is 10.2. The summed E-state index contributed by atoms with van der Waals surface area (Å²) in [6.07, 6.45) is 0. The van der Waals surface area contributed by atoms with Crippen LogP contribution < -0.4 is 4.74 Å². The third kappa shape index (κ3) is 4.34. The van der Waals surface area contributed by atoms with Crippen LogP contribution in [0.2, 0.25) is 0 Å². The molecule has 2 rings (SSSR count). The van der Waals surface area contributed by atoms with E-state index in [-0.39, 0.29) is 0 Å². The quantitative estimate of drug-likeness (QED) is 0.765. The van der Waals surface area contributed by atoms with Crippen LogP contribution in [0.3, 0.4) is 0 Å². The molecule has 0 amide bonds. The molecule has 19 heavy (non-hydrogen) atoms. The Kier molecular flexibility index (Phi) is 5.43. The molecule has 1 aromatic carbocycles. The van der Waals surface area contributed by atoms with E-state index >= 15 is 0 Å². The number of methoxy groups -OCH3 is 1. The van der Waals surface area contributed by atoms with Crippen LogP contribution >= 0.6 is 27.3 Å². The van der Waals surface area contributed by atoms with Crippen molar-refractivity contribution in [2.45, 2.75) is 20.0 Å². The first-order valence-electron chi connectivity index (χ1n) is 6.30. The number of rotatable bonds is 6. The molecule has 4 heteroatoms. The Morgan fingerprint density at radius 3 is 2.37 bits per heavy atom. The largest absolute Gasteiger partial charge is 0.497 e. The smallest absolute Gasteiger partial charge is 0.118 e. The predicted octanol–water partition coefficient (Wildman–Crippen LogP) is 4.54. The van der Waals surface area contributed by atoms with Crippen LogP contribution in [0.5, 0.6) is 5.75 Å². The minimum atomic E-state index is 0.911. The van der Waals surface area contributed by atoms with Crippen molar-refractivity contribution < 1.29 is 4.74 Å². The van der Waals surface area contributed by atoms with Crippen LogP contribution in [-0.4, -0.2) is 18.6 Å². The van der Waals surface area contributed by atoms with Crippen molar-refractivity contribution in [2.75, 3.05) is 13.7 Å². The second-order valence-corrected chi connectivity index (χ2v) is 6.90. The van der Waals surface area contributed by atoms with Gasteiger partial charge in [0.1, 0.15) is 5.75 Å². The summed E-state index contributed by atoms with van der Waals surface area (Å²) in [5.41, 5.74) is 1.32. The zero-order chi connectivity index (χ0) is 13.7. The molecule has 0 unspecified atom stereocenters. The normalized spacial score (nSPS) is 10.9. The van der Waals surface area contributed by atoms with Gasteiger partial charge in [-0.1, -0.05) is 19.1 Å². The van der Waals surface area contributed by atoms with Crippen LogP contribution in [0.1, 0.15) is 17.4 Å². The Balaban J connectivity index is 1.97. The molecule has 0 bridgehead atoms. The van der Waals surface area contributed by atoms with E-state index in [0.29, 0.717) is 0 Å². The van der Waals surface area contributed by atoms with Crippen LogP contribution in [0, 0.1) is 0 Å². The maximum absolute atomic E-state index is 5.18. The van der Waals surface area contributed by atoms with Gasteiger partial charge in [-0.2, -0.15) is 0 Å². The van der Waals surface area contributed by atoms with Gasteiger partial charge in [-0.15, -0.1) is 11.3 Å². The molecule has 0 fully saturated rings. The highest BCUT2D eigenvalue weighted by Crippen LogP contribution is 2.24. The van der Waals surface area contributed by atoms with E-state index in [9.17, 15) is 0 Å². The molecule has 0 atom stereocenters. The van der Waals surface area contributed by atoms with Crippen molar-refractivity contribution >= 4 is 27.3 Å². The van der Waals surface area contributed by atoms with E-state index in [1.165, 1.54) is 14.2 Å². The molecule has 2 aromatic rings. The fraction of sp³-hybridized carbons (Fsp3) is 0.333. The Hall–Kier alpha value is -0.840. The summed E-state index contributed by atoms with van der Waals surface area (Å²) in [4.78, 5) is 3.82. The Labute approximate surface area is 127 Å². The van der Waals surface area contributed by atoms with Gasteiger partial charge in [-0.25, -0.2) is 0 Å². The molecule has 102 valence electrons. The lowest BCUT2D eigenvalue weighted by molar-refractivity contribution is 0.274. The summed E-state index contributed by atoms with van der Waals surface area (Å²) < 4.78 is 6.38. The van der Waals surface area contributed by atoms with Gasteiger partial charge in [-0.05, 0) is 52.3 Å². The number of nitrogens with zero attached hydrogens (tertiary/aromatic N) is 1. The lowest BCUT2D eigenvalue weighted by Crippen LogP contribution is -2.21. The van der Waals surface area contributed by atoms with Gasteiger partial charge in [0.2, 0.25) is 0 Å². The first kappa shape index (κ1) is 14.6. The maximum Gasteiger partial charge on any atom is 0.118 e. The SMILES string of the molecule is CCN(Cc1ccc(OC)cc1)Cc1ccc(Br)s1. The molecule has 1 aromatic heterocycles. The molecule has 1 heterocycles. The molecule has 0 aliphatic heterocycles. The monoisotopic (exact) mass is 339 g/mol. The average molecular weight is 340 g/mol. The molecular weight excluding hydrogens is 322 g/mol. The van der Waals surface area contributed by atoms with Gasteiger partial charge in [0.25, 0.3) is 0 Å². The van der Waals surface area contributed by atoms with Crippen LogP contribution in [0.4, 0.5) is 0 Å². The second-order valence-electron chi connectivity index (χ2n) is 4.36. The zero-order valence-corrected chi connectivity index (χ0v) is 13.6. The number of ether oxygens (including phenoxy) is 1. The highest BCUT2D eigenvalue weighted by molar-refractivity contribution is 9.11. The van der Waals surface area contributed by atoms with Crippen molar-refractivity contribution in [1.29, 1.82) is 0 Å². The van der Waals surface area contributed by atoms with Gasteiger partial charge in [0, 0.05) is 18.0 Å². The molecule has 2 nitrogen and oxygen atoms in total. The Morgan fingerprint density at radius 1 is 1.11 bits per heavy atom. The van der Waals surface area contributed by atoms with E-state index in [2.05, 4.69) is 52.0 Å². The topological polar surface area (TPSA) is 12.5 Å². The van der Waals surface area contributed by atoms with Crippen molar-refractivity contribution in [3.05, 3.63) is 50.6 Å². The van der Waals surface area contributed by atoms with Gasteiger partial charge in [0.05, 0.1) is 10.9 Å². The molecule has 0 aliphatic rings. The van der Waals surface area contributed by atoms with Crippen LogP contribution in [0.25, 0.3) is 0 Å². The summed E-state index contributed by atoms with van der Waals surface area (Å²) in [6, 6.07) is 12.6. The first-order valence-corrected chi connectivity index (χ1v) is 7.91. The molecule has 0 spiro atoms. The maximum atomic E-state index is 5.18. The molecule has 0 saturated heterocycles. The van der Waals surface area contributed by atoms with E-state index in [1.54, 1.807) is 18.4 Å². The predicted molar refractivity (Wildman–Crippen MR) is 84.8 cm³/mol. The second kappa shape index (κ2) is 7.08. The summed E-state index contributed by atoms with van der Waals surface area (Å²) in [5, 5.41) is 0. The number of benzene rings is 1. The van der Waals surface area contributed by atoms with Crippen molar-refractivity contribution in [1.82, 2.24) is 4.90 Å². The zero-order valence-electron chi connectivity index (χ0n) is 11.2. The molecule has 0 aliphatic carbocycles. The summed E-state index contributed by atoms with van der Waals surface area (Å²) in [5.74, 6) is 0.911. The number of hydrogen-bond donors (Lipinski definition) is 0. The van der Waals surface area contributed by atoms with E-state index in [1.807, 2.05) is 12.1 Å². The van der Waals surface area contributed by atoms with E-state index in [4.69, 9.17) is 4.74 Å². The molecule has 0 N–H and O–H groups in total. The van der Waals surface area contributed by atoms with Crippen molar-refractivity contribution in [3.8, 4) is 5.75 Å². The fourth-order valence-corrected chi connectivity index (χ4v) is 3.45.